The third kappa shape index (κ3) is 2.45. The lowest BCUT2D eigenvalue weighted by atomic mass is 10.00. The largest absolute Gasteiger partial charge is 0.477 e. The molecule has 1 N–H and O–H groups in total. The summed E-state index contributed by atoms with van der Waals surface area (Å²) in [7, 11) is 2.13. The summed E-state index contributed by atoms with van der Waals surface area (Å²) in [5, 5.41) is 9.98. The highest BCUT2D eigenvalue weighted by Crippen LogP contribution is 2.30. The molecule has 17 heavy (non-hydrogen) atoms. The minimum Gasteiger partial charge on any atom is -0.477 e. The Hall–Kier alpha value is -1.07. The van der Waals surface area contributed by atoms with E-state index in [1.165, 1.54) is 11.3 Å². The number of thiophene rings is 1. The van der Waals surface area contributed by atoms with Gasteiger partial charge in [0, 0.05) is 25.2 Å². The van der Waals surface area contributed by atoms with Crippen LogP contribution in [0, 0.1) is 0 Å². The Morgan fingerprint density at radius 3 is 2.65 bits per heavy atom. The Morgan fingerprint density at radius 1 is 1.41 bits per heavy atom. The number of rotatable bonds is 2. The van der Waals surface area contributed by atoms with Crippen LogP contribution in [0.2, 0.25) is 0 Å². The van der Waals surface area contributed by atoms with Gasteiger partial charge < -0.3 is 10.0 Å². The average molecular weight is 254 g/mol. The maximum Gasteiger partial charge on any atom is 0.345 e. The number of hydrogen-bond acceptors (Lipinski definition) is 4. The van der Waals surface area contributed by atoms with Crippen LogP contribution in [-0.4, -0.2) is 48.2 Å². The predicted octanol–water partition coefficient (Wildman–Crippen LogP) is 1.98. The van der Waals surface area contributed by atoms with Gasteiger partial charge in [0.15, 0.2) is 0 Å². The number of piperazine rings is 1. The zero-order valence-corrected chi connectivity index (χ0v) is 11.3. The quantitative estimate of drug-likeness (QED) is 0.876. The second-order valence-electron chi connectivity index (χ2n) is 5.10. The maximum atomic E-state index is 10.9. The molecule has 0 saturated carbocycles. The molecule has 0 aromatic carbocycles. The van der Waals surface area contributed by atoms with Gasteiger partial charge in [-0.2, -0.15) is 0 Å². The summed E-state index contributed by atoms with van der Waals surface area (Å²) in [5.74, 6) is -0.838. The van der Waals surface area contributed by atoms with Crippen molar-refractivity contribution in [1.29, 1.82) is 0 Å². The minimum atomic E-state index is -0.838. The van der Waals surface area contributed by atoms with Crippen LogP contribution in [0.5, 0.6) is 0 Å². The third-order valence-electron chi connectivity index (χ3n) is 3.43. The van der Waals surface area contributed by atoms with Crippen molar-refractivity contribution in [3.05, 3.63) is 17.0 Å². The van der Waals surface area contributed by atoms with Crippen molar-refractivity contribution in [3.8, 4) is 0 Å². The number of carboxylic acids is 1. The molecule has 0 aliphatic carbocycles. The Labute approximate surface area is 105 Å². The van der Waals surface area contributed by atoms with Gasteiger partial charge in [0.25, 0.3) is 0 Å². The standard InChI is InChI=1S/C12H18N2O2S/c1-12(2)8-14(7-6-13(12)3)10-5-4-9(17-10)11(15)16/h4-5H,6-8H2,1-3H3,(H,15,16). The lowest BCUT2D eigenvalue weighted by Crippen LogP contribution is -2.57. The van der Waals surface area contributed by atoms with Gasteiger partial charge in [-0.05, 0) is 33.0 Å². The Balaban J connectivity index is 2.15. The molecule has 0 radical (unpaired) electrons. The number of nitrogens with zero attached hydrogens (tertiary/aromatic N) is 2. The monoisotopic (exact) mass is 254 g/mol. The van der Waals surface area contributed by atoms with Gasteiger partial charge >= 0.3 is 5.97 Å². The fourth-order valence-electron chi connectivity index (χ4n) is 2.04. The summed E-state index contributed by atoms with van der Waals surface area (Å²) in [4.78, 5) is 15.9. The van der Waals surface area contributed by atoms with Gasteiger partial charge in [-0.1, -0.05) is 0 Å². The van der Waals surface area contributed by atoms with Crippen molar-refractivity contribution in [3.63, 3.8) is 0 Å². The van der Waals surface area contributed by atoms with Gasteiger partial charge in [-0.15, -0.1) is 11.3 Å². The van der Waals surface area contributed by atoms with E-state index in [0.29, 0.717) is 4.88 Å². The second kappa shape index (κ2) is 4.31. The Kier molecular flexibility index (Phi) is 3.14. The maximum absolute atomic E-state index is 10.9. The summed E-state index contributed by atoms with van der Waals surface area (Å²) >= 11 is 1.36. The van der Waals surface area contributed by atoms with E-state index < -0.39 is 5.97 Å². The molecule has 1 fully saturated rings. The van der Waals surface area contributed by atoms with Crippen LogP contribution in [0.15, 0.2) is 12.1 Å². The van der Waals surface area contributed by atoms with E-state index in [1.807, 2.05) is 6.07 Å². The number of likely N-dealkylation sites (N-methyl/N-ethyl adjacent to an activating group) is 1. The summed E-state index contributed by atoms with van der Waals surface area (Å²) in [6.45, 7) is 7.33. The van der Waals surface area contributed by atoms with Crippen LogP contribution < -0.4 is 4.90 Å². The molecular formula is C12H18N2O2S. The third-order valence-corrected chi connectivity index (χ3v) is 4.56. The molecule has 0 bridgehead atoms. The average Bonchev–Trinajstić information content (AvgIpc) is 2.71. The first-order chi connectivity index (χ1) is 7.90. The number of aromatic carboxylic acids is 1. The molecule has 1 aromatic rings. The van der Waals surface area contributed by atoms with E-state index in [0.717, 1.165) is 24.6 Å². The van der Waals surface area contributed by atoms with Crippen molar-refractivity contribution in [2.45, 2.75) is 19.4 Å². The first-order valence-electron chi connectivity index (χ1n) is 5.69. The SMILES string of the molecule is CN1CCN(c2ccc(C(=O)O)s2)CC1(C)C. The van der Waals surface area contributed by atoms with Crippen LogP contribution in [0.1, 0.15) is 23.5 Å². The van der Waals surface area contributed by atoms with E-state index in [4.69, 9.17) is 5.11 Å². The number of carboxylic acid groups (broad SMARTS) is 1. The lowest BCUT2D eigenvalue weighted by molar-refractivity contribution is 0.0702. The molecule has 1 saturated heterocycles. The highest BCUT2D eigenvalue weighted by molar-refractivity contribution is 7.17. The van der Waals surface area contributed by atoms with Crippen molar-refractivity contribution >= 4 is 22.3 Å². The zero-order chi connectivity index (χ0) is 12.6. The van der Waals surface area contributed by atoms with Crippen molar-refractivity contribution < 1.29 is 9.90 Å². The van der Waals surface area contributed by atoms with Crippen LogP contribution in [0.4, 0.5) is 5.00 Å². The van der Waals surface area contributed by atoms with Gasteiger partial charge in [-0.3, -0.25) is 4.90 Å². The molecule has 0 unspecified atom stereocenters. The van der Waals surface area contributed by atoms with Crippen molar-refractivity contribution in [2.75, 3.05) is 31.6 Å². The number of carbonyl (C=O) groups is 1. The molecule has 2 heterocycles. The Morgan fingerprint density at radius 2 is 2.12 bits per heavy atom. The highest BCUT2D eigenvalue weighted by atomic mass is 32.1. The molecule has 0 atom stereocenters. The van der Waals surface area contributed by atoms with E-state index in [2.05, 4.69) is 30.7 Å². The fourth-order valence-corrected chi connectivity index (χ4v) is 2.91. The summed E-state index contributed by atoms with van der Waals surface area (Å²) in [6, 6.07) is 3.60. The molecule has 94 valence electrons. The van der Waals surface area contributed by atoms with E-state index in [9.17, 15) is 4.79 Å². The van der Waals surface area contributed by atoms with Gasteiger partial charge in [0.05, 0.1) is 5.00 Å². The van der Waals surface area contributed by atoms with Gasteiger partial charge in [0.1, 0.15) is 4.88 Å². The normalized spacial score (nSPS) is 20.5. The lowest BCUT2D eigenvalue weighted by Gasteiger charge is -2.45. The highest BCUT2D eigenvalue weighted by Gasteiger charge is 2.31. The smallest absolute Gasteiger partial charge is 0.345 e. The van der Waals surface area contributed by atoms with Crippen LogP contribution in [-0.2, 0) is 0 Å². The summed E-state index contributed by atoms with van der Waals surface area (Å²) < 4.78 is 0. The molecule has 5 heteroatoms. The molecule has 1 aliphatic rings. The predicted molar refractivity (Wildman–Crippen MR) is 70.2 cm³/mol. The minimum absolute atomic E-state index is 0.131. The van der Waals surface area contributed by atoms with E-state index in [-0.39, 0.29) is 5.54 Å². The van der Waals surface area contributed by atoms with E-state index >= 15 is 0 Å². The zero-order valence-electron chi connectivity index (χ0n) is 10.4. The summed E-state index contributed by atoms with van der Waals surface area (Å²) in [5.41, 5.74) is 0.131. The van der Waals surface area contributed by atoms with Crippen molar-refractivity contribution in [1.82, 2.24) is 4.90 Å². The topological polar surface area (TPSA) is 43.8 Å². The summed E-state index contributed by atoms with van der Waals surface area (Å²) in [6.07, 6.45) is 0. The molecule has 0 amide bonds. The van der Waals surface area contributed by atoms with Crippen molar-refractivity contribution in [2.24, 2.45) is 0 Å². The second-order valence-corrected chi connectivity index (χ2v) is 6.16. The van der Waals surface area contributed by atoms with Crippen LogP contribution >= 0.6 is 11.3 Å². The first kappa shape index (κ1) is 12.4. The molecule has 2 rings (SSSR count). The molecule has 4 nitrogen and oxygen atoms in total. The Bertz CT molecular complexity index is 428. The molecule has 1 aromatic heterocycles. The fraction of sp³-hybridized carbons (Fsp3) is 0.583. The van der Waals surface area contributed by atoms with Gasteiger partial charge in [-0.25, -0.2) is 4.79 Å². The van der Waals surface area contributed by atoms with Crippen LogP contribution in [0.3, 0.4) is 0 Å². The molecule has 1 aliphatic heterocycles. The van der Waals surface area contributed by atoms with Crippen LogP contribution in [0.25, 0.3) is 0 Å². The van der Waals surface area contributed by atoms with Gasteiger partial charge in [0.2, 0.25) is 0 Å². The molecular weight excluding hydrogens is 236 g/mol. The number of hydrogen-bond donors (Lipinski definition) is 1. The molecule has 0 spiro atoms. The first-order valence-corrected chi connectivity index (χ1v) is 6.51. The number of anilines is 1. The van der Waals surface area contributed by atoms with E-state index in [1.54, 1.807) is 6.07 Å².